The maximum atomic E-state index is 2.50. The second kappa shape index (κ2) is 4.06. The molecule has 14 heavy (non-hydrogen) atoms. The monoisotopic (exact) mass is 193 g/mol. The molecule has 0 saturated carbocycles. The summed E-state index contributed by atoms with van der Waals surface area (Å²) in [4.78, 5) is 2.50. The summed E-state index contributed by atoms with van der Waals surface area (Å²) < 4.78 is 0. The van der Waals surface area contributed by atoms with Gasteiger partial charge >= 0.3 is 0 Å². The van der Waals surface area contributed by atoms with Gasteiger partial charge in [0.1, 0.15) is 0 Å². The average molecular weight is 193 g/mol. The molecule has 0 aromatic heterocycles. The molecule has 1 nitrogen and oxygen atoms in total. The smallest absolute Gasteiger partial charge is 0.000989 e. The molecule has 0 amide bonds. The molecule has 1 heteroatoms. The molecule has 0 aromatic carbocycles. The molecule has 80 valence electrons. The molecule has 1 aliphatic carbocycles. The minimum atomic E-state index is 0.865. The van der Waals surface area contributed by atoms with Crippen molar-refractivity contribution in [3.05, 3.63) is 11.6 Å². The topological polar surface area (TPSA) is 3.24 Å². The summed E-state index contributed by atoms with van der Waals surface area (Å²) in [5, 5.41) is 0. The molecule has 1 heterocycles. The fourth-order valence-electron chi connectivity index (χ4n) is 3.22. The van der Waals surface area contributed by atoms with Gasteiger partial charge in [0.2, 0.25) is 0 Å². The Morgan fingerprint density at radius 2 is 2.07 bits per heavy atom. The van der Waals surface area contributed by atoms with Crippen LogP contribution in [-0.4, -0.2) is 25.0 Å². The fourth-order valence-corrected chi connectivity index (χ4v) is 3.22. The summed E-state index contributed by atoms with van der Waals surface area (Å²) in [6.45, 7) is 7.32. The van der Waals surface area contributed by atoms with Gasteiger partial charge in [-0.1, -0.05) is 25.5 Å². The highest BCUT2D eigenvalue weighted by Crippen LogP contribution is 2.33. The summed E-state index contributed by atoms with van der Waals surface area (Å²) >= 11 is 0. The number of rotatable bonds is 2. The first kappa shape index (κ1) is 10.2. The van der Waals surface area contributed by atoms with Crippen molar-refractivity contribution < 1.29 is 0 Å². The molecule has 0 spiro atoms. The standard InChI is InChI=1S/C13H23N/c1-10-4-12(5-10)7-13-6-11(2)8-14(3)9-13/h4,10-11,13H,5-9H2,1-3H3/t10-,11-,13?/m0/s1. The zero-order valence-corrected chi connectivity index (χ0v) is 9.79. The van der Waals surface area contributed by atoms with Crippen molar-refractivity contribution in [3.8, 4) is 0 Å². The Balaban J connectivity index is 1.83. The molecule has 0 N–H and O–H groups in total. The molecule has 0 bridgehead atoms. The average Bonchev–Trinajstić information content (AvgIpc) is 1.99. The van der Waals surface area contributed by atoms with Crippen LogP contribution in [0.1, 0.15) is 33.1 Å². The van der Waals surface area contributed by atoms with E-state index in [1.165, 1.54) is 32.4 Å². The molecule has 1 fully saturated rings. The van der Waals surface area contributed by atoms with Gasteiger partial charge in [-0.3, -0.25) is 0 Å². The van der Waals surface area contributed by atoms with Crippen molar-refractivity contribution in [1.29, 1.82) is 0 Å². The molecule has 2 aliphatic rings. The van der Waals surface area contributed by atoms with E-state index in [2.05, 4.69) is 31.9 Å². The second-order valence-corrected chi connectivity index (χ2v) is 5.64. The summed E-state index contributed by atoms with van der Waals surface area (Å²) in [6.07, 6.45) is 6.66. The molecular weight excluding hydrogens is 170 g/mol. The maximum Gasteiger partial charge on any atom is 0.000989 e. The van der Waals surface area contributed by atoms with E-state index in [9.17, 15) is 0 Å². The quantitative estimate of drug-likeness (QED) is 0.609. The number of hydrogen-bond donors (Lipinski definition) is 0. The first-order valence-electron chi connectivity index (χ1n) is 6.01. The van der Waals surface area contributed by atoms with Crippen LogP contribution < -0.4 is 0 Å². The van der Waals surface area contributed by atoms with E-state index in [0.717, 1.165) is 17.8 Å². The summed E-state index contributed by atoms with van der Waals surface area (Å²) in [5.74, 6) is 2.70. The molecule has 1 aliphatic heterocycles. The van der Waals surface area contributed by atoms with Crippen molar-refractivity contribution in [1.82, 2.24) is 4.90 Å². The van der Waals surface area contributed by atoms with Gasteiger partial charge in [-0.25, -0.2) is 0 Å². The van der Waals surface area contributed by atoms with Gasteiger partial charge in [0, 0.05) is 13.1 Å². The van der Waals surface area contributed by atoms with Gasteiger partial charge in [-0.2, -0.15) is 0 Å². The van der Waals surface area contributed by atoms with Gasteiger partial charge in [0.15, 0.2) is 0 Å². The molecule has 1 unspecified atom stereocenters. The maximum absolute atomic E-state index is 2.50. The lowest BCUT2D eigenvalue weighted by Crippen LogP contribution is -2.37. The Kier molecular flexibility index (Phi) is 2.96. The normalized spacial score (nSPS) is 39.1. The van der Waals surface area contributed by atoms with Crippen LogP contribution in [0.5, 0.6) is 0 Å². The van der Waals surface area contributed by atoms with E-state index in [0.29, 0.717) is 0 Å². The van der Waals surface area contributed by atoms with Crippen molar-refractivity contribution in [2.24, 2.45) is 17.8 Å². The third-order valence-corrected chi connectivity index (χ3v) is 3.58. The van der Waals surface area contributed by atoms with Crippen LogP contribution in [0.15, 0.2) is 11.6 Å². The molecular formula is C13H23N. The van der Waals surface area contributed by atoms with Crippen LogP contribution in [0, 0.1) is 17.8 Å². The van der Waals surface area contributed by atoms with Gasteiger partial charge in [-0.15, -0.1) is 0 Å². The number of piperidine rings is 1. The van der Waals surface area contributed by atoms with Crippen LogP contribution in [-0.2, 0) is 0 Å². The largest absolute Gasteiger partial charge is 0.306 e. The minimum absolute atomic E-state index is 0.865. The van der Waals surface area contributed by atoms with E-state index in [1.54, 1.807) is 5.57 Å². The number of allylic oxidation sites excluding steroid dienone is 2. The van der Waals surface area contributed by atoms with Gasteiger partial charge in [0.05, 0.1) is 0 Å². The molecule has 3 atom stereocenters. The van der Waals surface area contributed by atoms with E-state index >= 15 is 0 Å². The highest BCUT2D eigenvalue weighted by molar-refractivity contribution is 5.16. The Bertz CT molecular complexity index is 221. The number of nitrogens with zero attached hydrogens (tertiary/aromatic N) is 1. The lowest BCUT2D eigenvalue weighted by molar-refractivity contribution is 0.159. The highest BCUT2D eigenvalue weighted by Gasteiger charge is 2.25. The van der Waals surface area contributed by atoms with Crippen LogP contribution in [0.3, 0.4) is 0 Å². The molecule has 0 radical (unpaired) electrons. The summed E-state index contributed by atoms with van der Waals surface area (Å²) in [5.41, 5.74) is 1.73. The van der Waals surface area contributed by atoms with Crippen molar-refractivity contribution in [2.75, 3.05) is 20.1 Å². The predicted molar refractivity (Wildman–Crippen MR) is 61.2 cm³/mol. The number of hydrogen-bond acceptors (Lipinski definition) is 1. The minimum Gasteiger partial charge on any atom is -0.306 e. The van der Waals surface area contributed by atoms with Crippen molar-refractivity contribution in [3.63, 3.8) is 0 Å². The molecule has 2 rings (SSSR count). The Morgan fingerprint density at radius 1 is 1.36 bits per heavy atom. The van der Waals surface area contributed by atoms with Crippen molar-refractivity contribution >= 4 is 0 Å². The predicted octanol–water partition coefficient (Wildman–Crippen LogP) is 2.93. The van der Waals surface area contributed by atoms with Crippen LogP contribution in [0.25, 0.3) is 0 Å². The van der Waals surface area contributed by atoms with Gasteiger partial charge in [-0.05, 0) is 44.1 Å². The first-order valence-corrected chi connectivity index (χ1v) is 6.01. The molecule has 1 saturated heterocycles. The van der Waals surface area contributed by atoms with Crippen LogP contribution in [0.4, 0.5) is 0 Å². The lowest BCUT2D eigenvalue weighted by atomic mass is 9.79. The van der Waals surface area contributed by atoms with Crippen molar-refractivity contribution in [2.45, 2.75) is 33.1 Å². The summed E-state index contributed by atoms with van der Waals surface area (Å²) in [6, 6.07) is 0. The van der Waals surface area contributed by atoms with E-state index in [4.69, 9.17) is 0 Å². The van der Waals surface area contributed by atoms with Crippen LogP contribution in [0.2, 0.25) is 0 Å². The summed E-state index contributed by atoms with van der Waals surface area (Å²) in [7, 11) is 2.26. The lowest BCUT2D eigenvalue weighted by Gasteiger charge is -2.36. The number of likely N-dealkylation sites (tertiary alicyclic amines) is 1. The van der Waals surface area contributed by atoms with E-state index < -0.39 is 0 Å². The van der Waals surface area contributed by atoms with E-state index in [-0.39, 0.29) is 0 Å². The fraction of sp³-hybridized carbons (Fsp3) is 0.846. The van der Waals surface area contributed by atoms with Gasteiger partial charge in [0.25, 0.3) is 0 Å². The SMILES string of the molecule is C[C@H]1CC(CC2=C[C@H](C)C2)CN(C)C1. The zero-order valence-electron chi connectivity index (χ0n) is 9.79. The van der Waals surface area contributed by atoms with Crippen LogP contribution >= 0.6 is 0 Å². The molecule has 0 aromatic rings. The zero-order chi connectivity index (χ0) is 10.1. The second-order valence-electron chi connectivity index (χ2n) is 5.64. The third kappa shape index (κ3) is 2.38. The Hall–Kier alpha value is -0.300. The Morgan fingerprint density at radius 3 is 2.64 bits per heavy atom. The highest BCUT2D eigenvalue weighted by atomic mass is 15.1. The first-order chi connectivity index (χ1) is 6.63. The third-order valence-electron chi connectivity index (χ3n) is 3.58. The Labute approximate surface area is 88.2 Å². The van der Waals surface area contributed by atoms with Gasteiger partial charge < -0.3 is 4.90 Å². The van der Waals surface area contributed by atoms with E-state index in [1.807, 2.05) is 0 Å².